The summed E-state index contributed by atoms with van der Waals surface area (Å²) in [7, 11) is 4.11. The van der Waals surface area contributed by atoms with Crippen LogP contribution in [0.1, 0.15) is 11.1 Å². The Hall–Kier alpha value is -3.41. The zero-order chi connectivity index (χ0) is 18.5. The van der Waals surface area contributed by atoms with Crippen LogP contribution in [0.15, 0.2) is 70.9 Å². The first-order valence-corrected chi connectivity index (χ1v) is 8.31. The number of fused-ring (bicyclic) bond motifs is 1. The molecule has 0 unspecified atom stereocenters. The van der Waals surface area contributed by atoms with Gasteiger partial charge in [0.1, 0.15) is 0 Å². The predicted octanol–water partition coefficient (Wildman–Crippen LogP) is 4.17. The summed E-state index contributed by atoms with van der Waals surface area (Å²) in [6.07, 6.45) is 0. The molecule has 0 aliphatic heterocycles. The molecule has 132 valence electrons. The summed E-state index contributed by atoms with van der Waals surface area (Å²) in [6.45, 7) is 0.685. The minimum Gasteiger partial charge on any atom is -0.381 e. The molecule has 0 amide bonds. The summed E-state index contributed by atoms with van der Waals surface area (Å²) in [6, 6.07) is 20.3. The number of nitrogens with two attached hydrogens (primary N) is 1. The van der Waals surface area contributed by atoms with E-state index in [0.717, 1.165) is 5.69 Å². The molecule has 0 bridgehead atoms. The molecule has 0 atom stereocenters. The molecule has 0 spiro atoms. The van der Waals surface area contributed by atoms with Crippen molar-refractivity contribution in [1.82, 2.24) is 0 Å². The lowest BCUT2D eigenvalue weighted by molar-refractivity contribution is 1.13. The second-order valence-electron chi connectivity index (χ2n) is 6.18. The van der Waals surface area contributed by atoms with Crippen molar-refractivity contribution in [2.45, 2.75) is 6.54 Å². The molecule has 0 radical (unpaired) electrons. The molecule has 0 saturated carbocycles. The van der Waals surface area contributed by atoms with Gasteiger partial charge in [-0.15, -0.1) is 5.11 Å². The Bertz CT molecular complexity index is 961. The standard InChI is InChI=1S/C20H22N6/c1-26(2)19-11-10-15(17-8-3-4-9-18(17)19)13-23-16-7-5-6-14(12-16)20(24-21)25-22/h3-12,21,23H,13,22H2,1-2H3. The number of anilines is 2. The van der Waals surface area contributed by atoms with Crippen molar-refractivity contribution < 1.29 is 0 Å². The maximum atomic E-state index is 7.14. The molecule has 0 fully saturated rings. The van der Waals surface area contributed by atoms with Crippen molar-refractivity contribution in [3.8, 4) is 0 Å². The monoisotopic (exact) mass is 346 g/mol. The van der Waals surface area contributed by atoms with Gasteiger partial charge < -0.3 is 16.1 Å². The van der Waals surface area contributed by atoms with Gasteiger partial charge in [-0.2, -0.15) is 5.10 Å². The van der Waals surface area contributed by atoms with Gasteiger partial charge in [-0.05, 0) is 29.1 Å². The zero-order valence-electron chi connectivity index (χ0n) is 14.9. The third-order valence-electron chi connectivity index (χ3n) is 4.31. The summed E-state index contributed by atoms with van der Waals surface area (Å²) >= 11 is 0. The van der Waals surface area contributed by atoms with Gasteiger partial charge in [0.15, 0.2) is 5.84 Å². The number of benzene rings is 3. The second-order valence-corrected chi connectivity index (χ2v) is 6.18. The van der Waals surface area contributed by atoms with Crippen molar-refractivity contribution in [1.29, 1.82) is 5.53 Å². The Labute approximate surface area is 152 Å². The smallest absolute Gasteiger partial charge is 0.199 e. The predicted molar refractivity (Wildman–Crippen MR) is 108 cm³/mol. The minimum absolute atomic E-state index is 0.203. The number of rotatable bonds is 5. The third-order valence-corrected chi connectivity index (χ3v) is 4.31. The largest absolute Gasteiger partial charge is 0.381 e. The zero-order valence-corrected chi connectivity index (χ0v) is 14.9. The first-order valence-electron chi connectivity index (χ1n) is 8.31. The fraction of sp³-hybridized carbons (Fsp3) is 0.150. The SMILES string of the molecule is CN(C)c1ccc(CNc2cccc(C(N=N)=NN)c2)c2ccccc12. The number of nitrogens with zero attached hydrogens (tertiary/aromatic N) is 3. The highest BCUT2D eigenvalue weighted by atomic mass is 15.2. The van der Waals surface area contributed by atoms with Crippen LogP contribution in [0.4, 0.5) is 11.4 Å². The highest BCUT2D eigenvalue weighted by Crippen LogP contribution is 2.29. The topological polar surface area (TPSA) is 89.9 Å². The maximum absolute atomic E-state index is 7.14. The minimum atomic E-state index is 0.203. The third kappa shape index (κ3) is 3.49. The van der Waals surface area contributed by atoms with E-state index >= 15 is 0 Å². The van der Waals surface area contributed by atoms with E-state index in [-0.39, 0.29) is 5.84 Å². The molecule has 0 aliphatic carbocycles. The van der Waals surface area contributed by atoms with Crippen molar-refractivity contribution in [3.05, 3.63) is 71.8 Å². The Morgan fingerprint density at radius 3 is 2.50 bits per heavy atom. The first kappa shape index (κ1) is 17.4. The van der Waals surface area contributed by atoms with E-state index in [0.29, 0.717) is 12.1 Å². The van der Waals surface area contributed by atoms with Crippen molar-refractivity contribution >= 4 is 28.0 Å². The molecule has 0 aliphatic rings. The first-order chi connectivity index (χ1) is 12.6. The van der Waals surface area contributed by atoms with E-state index in [9.17, 15) is 0 Å². The molecular weight excluding hydrogens is 324 g/mol. The molecule has 0 heterocycles. The molecule has 6 nitrogen and oxygen atoms in total. The molecule has 3 aromatic rings. The van der Waals surface area contributed by atoms with Gasteiger partial charge >= 0.3 is 0 Å². The van der Waals surface area contributed by atoms with E-state index in [2.05, 4.69) is 70.9 Å². The molecule has 4 N–H and O–H groups in total. The van der Waals surface area contributed by atoms with Crippen LogP contribution in [-0.2, 0) is 6.54 Å². The highest BCUT2D eigenvalue weighted by molar-refractivity contribution is 5.99. The lowest BCUT2D eigenvalue weighted by Crippen LogP contribution is -2.10. The lowest BCUT2D eigenvalue weighted by atomic mass is 10.0. The Morgan fingerprint density at radius 1 is 1.04 bits per heavy atom. The number of amidine groups is 1. The highest BCUT2D eigenvalue weighted by Gasteiger charge is 2.08. The Kier molecular flexibility index (Phi) is 5.12. The van der Waals surface area contributed by atoms with Crippen LogP contribution >= 0.6 is 0 Å². The molecule has 0 saturated heterocycles. The van der Waals surface area contributed by atoms with Crippen molar-refractivity contribution in [3.63, 3.8) is 0 Å². The van der Waals surface area contributed by atoms with Gasteiger partial charge in [0, 0.05) is 43.0 Å². The van der Waals surface area contributed by atoms with E-state index in [1.165, 1.54) is 22.0 Å². The van der Waals surface area contributed by atoms with Crippen LogP contribution in [0.5, 0.6) is 0 Å². The van der Waals surface area contributed by atoms with E-state index in [1.54, 1.807) is 0 Å². The van der Waals surface area contributed by atoms with Crippen molar-refractivity contribution in [2.24, 2.45) is 16.1 Å². The number of hydrogen-bond acceptors (Lipinski definition) is 5. The van der Waals surface area contributed by atoms with Gasteiger partial charge in [-0.25, -0.2) is 5.53 Å². The van der Waals surface area contributed by atoms with Gasteiger partial charge in [-0.1, -0.05) is 42.5 Å². The molecule has 0 aromatic heterocycles. The van der Waals surface area contributed by atoms with Crippen LogP contribution in [-0.4, -0.2) is 19.9 Å². The second kappa shape index (κ2) is 7.65. The Balaban J connectivity index is 1.88. The van der Waals surface area contributed by atoms with E-state index in [1.807, 2.05) is 24.3 Å². The molecule has 3 rings (SSSR count). The van der Waals surface area contributed by atoms with Crippen LogP contribution < -0.4 is 16.1 Å². The quantitative estimate of drug-likeness (QED) is 0.213. The summed E-state index contributed by atoms with van der Waals surface area (Å²) in [5.41, 5.74) is 11.2. The lowest BCUT2D eigenvalue weighted by Gasteiger charge is -2.18. The fourth-order valence-electron chi connectivity index (χ4n) is 3.02. The van der Waals surface area contributed by atoms with E-state index in [4.69, 9.17) is 11.4 Å². The van der Waals surface area contributed by atoms with Crippen LogP contribution in [0.25, 0.3) is 10.8 Å². The average molecular weight is 346 g/mol. The van der Waals surface area contributed by atoms with Gasteiger partial charge in [0.25, 0.3) is 0 Å². The number of hydrogen-bond donors (Lipinski definition) is 3. The molecule has 6 heteroatoms. The number of hydrazone groups is 1. The Morgan fingerprint density at radius 2 is 1.81 bits per heavy atom. The van der Waals surface area contributed by atoms with Crippen molar-refractivity contribution in [2.75, 3.05) is 24.3 Å². The van der Waals surface area contributed by atoms with Crippen LogP contribution in [0.2, 0.25) is 0 Å². The molecule has 3 aromatic carbocycles. The van der Waals surface area contributed by atoms with Crippen LogP contribution in [0, 0.1) is 5.53 Å². The molecular formula is C20H22N6. The van der Waals surface area contributed by atoms with E-state index < -0.39 is 0 Å². The van der Waals surface area contributed by atoms with Gasteiger partial charge in [0.2, 0.25) is 0 Å². The molecule has 26 heavy (non-hydrogen) atoms. The van der Waals surface area contributed by atoms with Crippen LogP contribution in [0.3, 0.4) is 0 Å². The van der Waals surface area contributed by atoms with Gasteiger partial charge in [-0.3, -0.25) is 0 Å². The summed E-state index contributed by atoms with van der Waals surface area (Å²) < 4.78 is 0. The van der Waals surface area contributed by atoms with Gasteiger partial charge in [0.05, 0.1) is 0 Å². The summed E-state index contributed by atoms with van der Waals surface area (Å²) in [5.74, 6) is 5.48. The normalized spacial score (nSPS) is 11.4. The summed E-state index contributed by atoms with van der Waals surface area (Å²) in [5, 5.41) is 12.8. The fourth-order valence-corrected chi connectivity index (χ4v) is 3.02. The number of nitrogens with one attached hydrogen (secondary N) is 2. The summed E-state index contributed by atoms with van der Waals surface area (Å²) in [4.78, 5) is 2.13. The maximum Gasteiger partial charge on any atom is 0.199 e. The average Bonchev–Trinajstić information content (AvgIpc) is 2.67.